The average Bonchev–Trinajstić information content (AvgIpc) is 3.18. The highest BCUT2D eigenvalue weighted by atomic mass is 16.5. The van der Waals surface area contributed by atoms with Crippen molar-refractivity contribution in [3.05, 3.63) is 29.8 Å². The number of carbonyl (C=O) groups excluding carboxylic acids is 1. The summed E-state index contributed by atoms with van der Waals surface area (Å²) in [6.07, 6.45) is 15.3. The highest BCUT2D eigenvalue weighted by Crippen LogP contribution is 2.38. The van der Waals surface area contributed by atoms with Gasteiger partial charge in [-0.25, -0.2) is 0 Å². The molecule has 0 N–H and O–H groups in total. The van der Waals surface area contributed by atoms with Crippen LogP contribution in [0.15, 0.2) is 24.3 Å². The zero-order chi connectivity index (χ0) is 17.5. The molecule has 2 aliphatic rings. The fourth-order valence-electron chi connectivity index (χ4n) is 4.64. The van der Waals surface area contributed by atoms with Gasteiger partial charge in [-0.05, 0) is 68.1 Å². The van der Waals surface area contributed by atoms with Gasteiger partial charge < -0.3 is 4.74 Å². The predicted octanol–water partition coefficient (Wildman–Crippen LogP) is 6.64. The van der Waals surface area contributed by atoms with Crippen molar-refractivity contribution in [1.82, 2.24) is 0 Å². The molecule has 0 heterocycles. The first-order valence-corrected chi connectivity index (χ1v) is 10.6. The monoisotopic (exact) mass is 342 g/mol. The summed E-state index contributed by atoms with van der Waals surface area (Å²) in [5.74, 6) is 2.46. The maximum Gasteiger partial charge on any atom is 0.314 e. The van der Waals surface area contributed by atoms with Crippen molar-refractivity contribution in [1.29, 1.82) is 0 Å². The Morgan fingerprint density at radius 3 is 2.28 bits per heavy atom. The number of hydrogen-bond acceptors (Lipinski definition) is 2. The molecule has 1 aromatic carbocycles. The SMILES string of the molecule is CCCCCC1CCC(c2ccc(OC(=O)C3CCCC3)cc2)CC1. The molecule has 3 rings (SSSR count). The van der Waals surface area contributed by atoms with Gasteiger partial charge in [0.05, 0.1) is 5.92 Å². The van der Waals surface area contributed by atoms with Gasteiger partial charge in [-0.3, -0.25) is 4.79 Å². The molecular weight excluding hydrogens is 308 g/mol. The zero-order valence-electron chi connectivity index (χ0n) is 15.8. The Balaban J connectivity index is 1.45. The van der Waals surface area contributed by atoms with Crippen molar-refractivity contribution in [2.24, 2.45) is 11.8 Å². The maximum atomic E-state index is 12.1. The van der Waals surface area contributed by atoms with Crippen molar-refractivity contribution in [2.75, 3.05) is 0 Å². The lowest BCUT2D eigenvalue weighted by Gasteiger charge is -2.29. The molecule has 0 aliphatic heterocycles. The van der Waals surface area contributed by atoms with Gasteiger partial charge in [0, 0.05) is 0 Å². The minimum Gasteiger partial charge on any atom is -0.426 e. The lowest BCUT2D eigenvalue weighted by atomic mass is 9.77. The van der Waals surface area contributed by atoms with E-state index >= 15 is 0 Å². The third kappa shape index (κ3) is 5.33. The van der Waals surface area contributed by atoms with Crippen molar-refractivity contribution in [2.45, 2.75) is 89.9 Å². The molecule has 0 unspecified atom stereocenters. The topological polar surface area (TPSA) is 26.3 Å². The normalized spacial score (nSPS) is 24.4. The van der Waals surface area contributed by atoms with E-state index in [1.165, 1.54) is 69.8 Å². The third-order valence-electron chi connectivity index (χ3n) is 6.32. The first kappa shape index (κ1) is 18.5. The molecule has 0 saturated heterocycles. The number of unbranched alkanes of at least 4 members (excludes halogenated alkanes) is 2. The molecular formula is C23H34O2. The van der Waals surface area contributed by atoms with E-state index in [1.54, 1.807) is 0 Å². The second-order valence-electron chi connectivity index (χ2n) is 8.18. The lowest BCUT2D eigenvalue weighted by Crippen LogP contribution is -2.17. The molecule has 2 nitrogen and oxygen atoms in total. The molecule has 1 aromatic rings. The van der Waals surface area contributed by atoms with E-state index in [0.29, 0.717) is 11.7 Å². The van der Waals surface area contributed by atoms with Gasteiger partial charge in [0.15, 0.2) is 0 Å². The van der Waals surface area contributed by atoms with E-state index in [-0.39, 0.29) is 11.9 Å². The molecule has 0 atom stereocenters. The van der Waals surface area contributed by atoms with Crippen LogP contribution in [0.2, 0.25) is 0 Å². The van der Waals surface area contributed by atoms with Gasteiger partial charge in [-0.1, -0.05) is 57.6 Å². The van der Waals surface area contributed by atoms with E-state index in [2.05, 4.69) is 19.1 Å². The number of rotatable bonds is 7. The van der Waals surface area contributed by atoms with Crippen molar-refractivity contribution < 1.29 is 9.53 Å². The van der Waals surface area contributed by atoms with E-state index in [0.717, 1.165) is 18.8 Å². The highest BCUT2D eigenvalue weighted by molar-refractivity contribution is 5.75. The Labute approximate surface area is 153 Å². The first-order chi connectivity index (χ1) is 12.3. The third-order valence-corrected chi connectivity index (χ3v) is 6.32. The molecule has 0 radical (unpaired) electrons. The lowest BCUT2D eigenvalue weighted by molar-refractivity contribution is -0.138. The predicted molar refractivity (Wildman–Crippen MR) is 103 cm³/mol. The fourth-order valence-corrected chi connectivity index (χ4v) is 4.64. The Hall–Kier alpha value is -1.31. The molecule has 0 amide bonds. The van der Waals surface area contributed by atoms with Crippen LogP contribution in [0, 0.1) is 11.8 Å². The Bertz CT molecular complexity index is 520. The number of ether oxygens (including phenoxy) is 1. The Morgan fingerprint density at radius 1 is 0.960 bits per heavy atom. The molecule has 0 bridgehead atoms. The van der Waals surface area contributed by atoms with E-state index in [9.17, 15) is 4.79 Å². The minimum atomic E-state index is -0.0298. The summed E-state index contributed by atoms with van der Waals surface area (Å²) in [4.78, 5) is 12.1. The summed E-state index contributed by atoms with van der Waals surface area (Å²) in [6, 6.07) is 8.35. The zero-order valence-corrected chi connectivity index (χ0v) is 15.8. The quantitative estimate of drug-likeness (QED) is 0.315. The molecule has 0 aromatic heterocycles. The van der Waals surface area contributed by atoms with E-state index in [1.807, 2.05) is 12.1 Å². The molecule has 138 valence electrons. The fraction of sp³-hybridized carbons (Fsp3) is 0.696. The highest BCUT2D eigenvalue weighted by Gasteiger charge is 2.25. The molecule has 2 fully saturated rings. The van der Waals surface area contributed by atoms with Crippen LogP contribution in [0.1, 0.15) is 95.5 Å². The van der Waals surface area contributed by atoms with Gasteiger partial charge in [0.25, 0.3) is 0 Å². The summed E-state index contributed by atoms with van der Waals surface area (Å²) in [7, 11) is 0. The number of carbonyl (C=O) groups is 1. The first-order valence-electron chi connectivity index (χ1n) is 10.6. The van der Waals surface area contributed by atoms with Gasteiger partial charge in [0.2, 0.25) is 0 Å². The Kier molecular flexibility index (Phi) is 6.95. The minimum absolute atomic E-state index is 0.0298. The van der Waals surface area contributed by atoms with Gasteiger partial charge in [-0.2, -0.15) is 0 Å². The summed E-state index contributed by atoms with van der Waals surface area (Å²) < 4.78 is 5.57. The molecule has 25 heavy (non-hydrogen) atoms. The second-order valence-corrected chi connectivity index (χ2v) is 8.18. The summed E-state index contributed by atoms with van der Waals surface area (Å²) >= 11 is 0. The molecule has 0 spiro atoms. The van der Waals surface area contributed by atoms with Crippen LogP contribution in [0.3, 0.4) is 0 Å². The largest absolute Gasteiger partial charge is 0.426 e. The van der Waals surface area contributed by atoms with Crippen LogP contribution in [0.25, 0.3) is 0 Å². The van der Waals surface area contributed by atoms with E-state index < -0.39 is 0 Å². The summed E-state index contributed by atoms with van der Waals surface area (Å²) in [5, 5.41) is 0. The average molecular weight is 343 g/mol. The number of esters is 1. The standard InChI is InChI=1S/C23H34O2/c1-2-3-4-7-18-10-12-19(13-11-18)20-14-16-22(17-15-20)25-23(24)21-8-5-6-9-21/h14-19,21H,2-13H2,1H3. The Morgan fingerprint density at radius 2 is 1.64 bits per heavy atom. The summed E-state index contributed by atoms with van der Waals surface area (Å²) in [6.45, 7) is 2.28. The van der Waals surface area contributed by atoms with Gasteiger partial charge in [-0.15, -0.1) is 0 Å². The molecule has 2 aliphatic carbocycles. The van der Waals surface area contributed by atoms with Crippen LogP contribution < -0.4 is 4.74 Å². The number of benzene rings is 1. The van der Waals surface area contributed by atoms with Crippen molar-refractivity contribution >= 4 is 5.97 Å². The van der Waals surface area contributed by atoms with E-state index in [4.69, 9.17) is 4.74 Å². The van der Waals surface area contributed by atoms with Gasteiger partial charge in [0.1, 0.15) is 5.75 Å². The number of hydrogen-bond donors (Lipinski definition) is 0. The molecule has 2 saturated carbocycles. The maximum absolute atomic E-state index is 12.1. The summed E-state index contributed by atoms with van der Waals surface area (Å²) in [5.41, 5.74) is 1.42. The van der Waals surface area contributed by atoms with Gasteiger partial charge >= 0.3 is 5.97 Å². The van der Waals surface area contributed by atoms with Crippen LogP contribution in [0.5, 0.6) is 5.75 Å². The van der Waals surface area contributed by atoms with Crippen LogP contribution in [-0.2, 0) is 4.79 Å². The second kappa shape index (κ2) is 9.40. The molecule has 2 heteroatoms. The smallest absolute Gasteiger partial charge is 0.314 e. The van der Waals surface area contributed by atoms with Crippen LogP contribution in [-0.4, -0.2) is 5.97 Å². The van der Waals surface area contributed by atoms with Crippen molar-refractivity contribution in [3.63, 3.8) is 0 Å². The van der Waals surface area contributed by atoms with Crippen LogP contribution >= 0.6 is 0 Å². The van der Waals surface area contributed by atoms with Crippen LogP contribution in [0.4, 0.5) is 0 Å². The van der Waals surface area contributed by atoms with Crippen molar-refractivity contribution in [3.8, 4) is 5.75 Å².